The van der Waals surface area contributed by atoms with Crippen molar-refractivity contribution < 1.29 is 0 Å². The maximum Gasteiger partial charge on any atom is 0.232 e. The summed E-state index contributed by atoms with van der Waals surface area (Å²) in [4.78, 5) is 14.8. The van der Waals surface area contributed by atoms with Crippen molar-refractivity contribution in [3.8, 4) is 0 Å². The average molecular weight is 353 g/mol. The molecule has 0 fully saturated rings. The number of aromatic amines is 1. The average Bonchev–Trinajstić information content (AvgIpc) is 3.07. The molecule has 0 unspecified atom stereocenters. The quantitative estimate of drug-likeness (QED) is 0.612. The van der Waals surface area contributed by atoms with Gasteiger partial charge < -0.3 is 9.88 Å². The first-order chi connectivity index (χ1) is 12.4. The topological polar surface area (TPSA) is 44.8 Å². The number of fused-ring (bicyclic) bond motifs is 1. The van der Waals surface area contributed by atoms with Gasteiger partial charge in [0.05, 0.1) is 5.69 Å². The lowest BCUT2D eigenvalue weighted by molar-refractivity contribution is 0.886. The van der Waals surface area contributed by atoms with Gasteiger partial charge in [-0.3, -0.25) is 0 Å². The van der Waals surface area contributed by atoms with Gasteiger partial charge in [-0.1, -0.05) is 44.4 Å². The van der Waals surface area contributed by atoms with E-state index in [9.17, 15) is 0 Å². The first kappa shape index (κ1) is 20.0. The van der Waals surface area contributed by atoms with Crippen molar-refractivity contribution in [3.63, 3.8) is 0 Å². The minimum absolute atomic E-state index is 0.755. The highest BCUT2D eigenvalue weighted by Crippen LogP contribution is 2.31. The molecule has 0 aliphatic heterocycles. The monoisotopic (exact) mass is 352 g/mol. The first-order valence-corrected chi connectivity index (χ1v) is 9.59. The van der Waals surface area contributed by atoms with E-state index in [1.807, 2.05) is 19.2 Å². The van der Waals surface area contributed by atoms with Crippen molar-refractivity contribution >= 4 is 22.7 Å². The number of H-pyrrole nitrogens is 1. The van der Waals surface area contributed by atoms with Crippen LogP contribution in [0.5, 0.6) is 0 Å². The normalized spacial score (nSPS) is 10.6. The Morgan fingerprint density at radius 2 is 1.54 bits per heavy atom. The maximum absolute atomic E-state index is 4.72. The molecule has 0 amide bonds. The Kier molecular flexibility index (Phi) is 6.78. The second kappa shape index (κ2) is 8.84. The zero-order valence-corrected chi connectivity index (χ0v) is 17.3. The minimum Gasteiger partial charge on any atom is -0.346 e. The smallest absolute Gasteiger partial charge is 0.232 e. The molecule has 2 aromatic heterocycles. The van der Waals surface area contributed by atoms with Gasteiger partial charge in [-0.05, 0) is 51.8 Å². The summed E-state index contributed by atoms with van der Waals surface area (Å²) in [6, 6.07) is 6.45. The van der Waals surface area contributed by atoms with Gasteiger partial charge in [0.15, 0.2) is 0 Å². The van der Waals surface area contributed by atoms with Gasteiger partial charge >= 0.3 is 0 Å². The molecular formula is C22H32N4. The third-order valence-electron chi connectivity index (χ3n) is 4.56. The van der Waals surface area contributed by atoms with E-state index < -0.39 is 0 Å². The Morgan fingerprint density at radius 3 is 2.08 bits per heavy atom. The molecule has 0 bridgehead atoms. The van der Waals surface area contributed by atoms with Crippen LogP contribution in [-0.2, 0) is 0 Å². The summed E-state index contributed by atoms with van der Waals surface area (Å²) in [6.45, 7) is 15.8. The molecule has 2 heterocycles. The lowest BCUT2D eigenvalue weighted by atomic mass is 10.0. The standard InChI is InChI=1S/C18H22N4.C4H10/c1-6-22(16-12(3)9-11(2)10-13(16)4)18-20-14(5)15-7-8-19-17(15)21-18;1-3-4-2/h7-10H,6H2,1-5H3,(H,19,20,21);3-4H2,1-2H3. The van der Waals surface area contributed by atoms with Crippen LogP contribution >= 0.6 is 0 Å². The predicted octanol–water partition coefficient (Wildman–Crippen LogP) is 6.16. The number of benzene rings is 1. The minimum atomic E-state index is 0.755. The van der Waals surface area contributed by atoms with Gasteiger partial charge in [0.25, 0.3) is 0 Å². The second-order valence-corrected chi connectivity index (χ2v) is 6.84. The molecule has 0 aliphatic rings. The highest BCUT2D eigenvalue weighted by atomic mass is 15.3. The van der Waals surface area contributed by atoms with E-state index in [0.29, 0.717) is 0 Å². The fourth-order valence-electron chi connectivity index (χ4n) is 3.20. The molecular weight excluding hydrogens is 320 g/mol. The molecule has 0 saturated heterocycles. The van der Waals surface area contributed by atoms with Crippen molar-refractivity contribution in [2.75, 3.05) is 11.4 Å². The third-order valence-corrected chi connectivity index (χ3v) is 4.56. The van der Waals surface area contributed by atoms with Gasteiger partial charge in [0.1, 0.15) is 5.65 Å². The summed E-state index contributed by atoms with van der Waals surface area (Å²) in [5.74, 6) is 0.755. The molecule has 0 radical (unpaired) electrons. The molecule has 1 N–H and O–H groups in total. The third kappa shape index (κ3) is 4.24. The molecule has 0 aliphatic carbocycles. The summed E-state index contributed by atoms with van der Waals surface area (Å²) in [7, 11) is 0. The van der Waals surface area contributed by atoms with E-state index >= 15 is 0 Å². The predicted molar refractivity (Wildman–Crippen MR) is 113 cm³/mol. The highest BCUT2D eigenvalue weighted by molar-refractivity contribution is 5.80. The SMILES string of the molecule is CCCC.CCN(c1nc(C)c2cc[nH]c2n1)c1c(C)cc(C)cc1C. The lowest BCUT2D eigenvalue weighted by Gasteiger charge is -2.25. The lowest BCUT2D eigenvalue weighted by Crippen LogP contribution is -2.21. The van der Waals surface area contributed by atoms with E-state index in [2.05, 4.69) is 63.6 Å². The molecule has 140 valence electrons. The van der Waals surface area contributed by atoms with E-state index in [4.69, 9.17) is 9.97 Å². The Balaban J connectivity index is 0.000000552. The number of hydrogen-bond acceptors (Lipinski definition) is 3. The van der Waals surface area contributed by atoms with Crippen LogP contribution in [0.1, 0.15) is 56.0 Å². The van der Waals surface area contributed by atoms with Gasteiger partial charge in [-0.15, -0.1) is 0 Å². The van der Waals surface area contributed by atoms with Crippen LogP contribution in [0.15, 0.2) is 24.4 Å². The van der Waals surface area contributed by atoms with Gasteiger partial charge in [0, 0.05) is 23.8 Å². The molecule has 0 spiro atoms. The number of aromatic nitrogens is 3. The molecule has 0 atom stereocenters. The number of rotatable bonds is 4. The van der Waals surface area contributed by atoms with Crippen molar-refractivity contribution in [2.45, 2.75) is 61.3 Å². The summed E-state index contributed by atoms with van der Waals surface area (Å²) in [6.07, 6.45) is 4.55. The molecule has 3 rings (SSSR count). The van der Waals surface area contributed by atoms with Crippen LogP contribution in [0.4, 0.5) is 11.6 Å². The molecule has 1 aromatic carbocycles. The van der Waals surface area contributed by atoms with Crippen LogP contribution < -0.4 is 4.90 Å². The fourth-order valence-corrected chi connectivity index (χ4v) is 3.20. The first-order valence-electron chi connectivity index (χ1n) is 9.59. The maximum atomic E-state index is 4.72. The van der Waals surface area contributed by atoms with Crippen molar-refractivity contribution in [3.05, 3.63) is 46.8 Å². The fraction of sp³-hybridized carbons (Fsp3) is 0.455. The van der Waals surface area contributed by atoms with Crippen LogP contribution in [0.3, 0.4) is 0 Å². The number of aryl methyl sites for hydroxylation is 4. The highest BCUT2D eigenvalue weighted by Gasteiger charge is 2.17. The Labute approximate surface area is 157 Å². The number of hydrogen-bond donors (Lipinski definition) is 1. The van der Waals surface area contributed by atoms with E-state index in [1.54, 1.807) is 0 Å². The van der Waals surface area contributed by atoms with Crippen LogP contribution in [0.2, 0.25) is 0 Å². The van der Waals surface area contributed by atoms with Crippen LogP contribution in [0, 0.1) is 27.7 Å². The van der Waals surface area contributed by atoms with Crippen LogP contribution in [0.25, 0.3) is 11.0 Å². The summed E-state index contributed by atoms with van der Waals surface area (Å²) < 4.78 is 0. The largest absolute Gasteiger partial charge is 0.346 e. The second-order valence-electron chi connectivity index (χ2n) is 6.84. The molecule has 3 aromatic rings. The Morgan fingerprint density at radius 1 is 0.923 bits per heavy atom. The zero-order chi connectivity index (χ0) is 19.3. The van der Waals surface area contributed by atoms with E-state index in [0.717, 1.165) is 29.2 Å². The van der Waals surface area contributed by atoms with Gasteiger partial charge in [-0.25, -0.2) is 4.98 Å². The zero-order valence-electron chi connectivity index (χ0n) is 17.3. The van der Waals surface area contributed by atoms with Gasteiger partial charge in [0.2, 0.25) is 5.95 Å². The number of nitrogens with one attached hydrogen (secondary N) is 1. The Hall–Kier alpha value is -2.36. The summed E-state index contributed by atoms with van der Waals surface area (Å²) in [5, 5.41) is 1.08. The van der Waals surface area contributed by atoms with Crippen molar-refractivity contribution in [1.29, 1.82) is 0 Å². The van der Waals surface area contributed by atoms with E-state index in [-0.39, 0.29) is 0 Å². The van der Waals surface area contributed by atoms with Crippen molar-refractivity contribution in [1.82, 2.24) is 15.0 Å². The van der Waals surface area contributed by atoms with Crippen molar-refractivity contribution in [2.24, 2.45) is 0 Å². The van der Waals surface area contributed by atoms with E-state index in [1.165, 1.54) is 35.2 Å². The molecule has 4 nitrogen and oxygen atoms in total. The molecule has 26 heavy (non-hydrogen) atoms. The van der Waals surface area contributed by atoms with Gasteiger partial charge in [-0.2, -0.15) is 4.98 Å². The number of unbranched alkanes of at least 4 members (excludes halogenated alkanes) is 1. The Bertz CT molecular complexity index is 839. The molecule has 4 heteroatoms. The summed E-state index contributed by atoms with van der Waals surface area (Å²) in [5.41, 5.74) is 6.90. The summed E-state index contributed by atoms with van der Waals surface area (Å²) >= 11 is 0. The molecule has 0 saturated carbocycles. The number of anilines is 2. The number of nitrogens with zero attached hydrogens (tertiary/aromatic N) is 3. The van der Waals surface area contributed by atoms with Crippen LogP contribution in [-0.4, -0.2) is 21.5 Å².